The Kier molecular flexibility index (Phi) is 5.65. The van der Waals surface area contributed by atoms with Gasteiger partial charge in [-0.2, -0.15) is 0 Å². The van der Waals surface area contributed by atoms with E-state index in [0.29, 0.717) is 25.9 Å². The Morgan fingerprint density at radius 1 is 1.24 bits per heavy atom. The topological polar surface area (TPSA) is 55.8 Å². The van der Waals surface area contributed by atoms with Gasteiger partial charge in [0.1, 0.15) is 5.60 Å². The van der Waals surface area contributed by atoms with E-state index in [-0.39, 0.29) is 18.2 Å². The van der Waals surface area contributed by atoms with Crippen molar-refractivity contribution >= 4 is 12.1 Å². The summed E-state index contributed by atoms with van der Waals surface area (Å²) >= 11 is 0. The summed E-state index contributed by atoms with van der Waals surface area (Å²) in [4.78, 5) is 25.7. The molecule has 0 N–H and O–H groups in total. The number of ether oxygens (including phenoxy) is 2. The van der Waals surface area contributed by atoms with Crippen LogP contribution in [0.4, 0.5) is 4.79 Å². The van der Waals surface area contributed by atoms with Crippen molar-refractivity contribution in [1.29, 1.82) is 0 Å². The maximum Gasteiger partial charge on any atom is 0.410 e. The number of likely N-dealkylation sites (tertiary alicyclic amines) is 1. The van der Waals surface area contributed by atoms with E-state index in [1.54, 1.807) is 4.90 Å². The molecule has 1 aliphatic rings. The van der Waals surface area contributed by atoms with E-state index >= 15 is 0 Å². The van der Waals surface area contributed by atoms with Crippen LogP contribution in [0.2, 0.25) is 0 Å². The molecule has 0 spiro atoms. The lowest BCUT2D eigenvalue weighted by atomic mass is 9.88. The minimum Gasteiger partial charge on any atom is -0.459 e. The quantitative estimate of drug-likeness (QED) is 0.747. The van der Waals surface area contributed by atoms with E-state index in [9.17, 15) is 9.59 Å². The first kappa shape index (κ1) is 17.8. The minimum absolute atomic E-state index is 0.117. The average Bonchev–Trinajstić information content (AvgIpc) is 2.38. The van der Waals surface area contributed by atoms with Crippen LogP contribution in [0.25, 0.3) is 0 Å². The van der Waals surface area contributed by atoms with Crippen molar-refractivity contribution in [3.8, 4) is 0 Å². The highest BCUT2D eigenvalue weighted by atomic mass is 16.6. The first-order chi connectivity index (χ1) is 9.59. The Bertz CT molecular complexity index is 382. The predicted octanol–water partition coefficient (Wildman–Crippen LogP) is 3.37. The molecule has 0 unspecified atom stereocenters. The van der Waals surface area contributed by atoms with Gasteiger partial charge in [-0.25, -0.2) is 4.79 Å². The molecule has 0 bridgehead atoms. The molecule has 1 heterocycles. The summed E-state index contributed by atoms with van der Waals surface area (Å²) in [6, 6.07) is 0. The van der Waals surface area contributed by atoms with Gasteiger partial charge in [-0.05, 0) is 41.0 Å². The van der Waals surface area contributed by atoms with Gasteiger partial charge in [-0.15, -0.1) is 0 Å². The number of amides is 1. The zero-order valence-electron chi connectivity index (χ0n) is 14.2. The molecule has 1 rings (SSSR count). The van der Waals surface area contributed by atoms with Crippen LogP contribution in [0.5, 0.6) is 0 Å². The molecule has 0 radical (unpaired) electrons. The highest BCUT2D eigenvalue weighted by molar-refractivity contribution is 5.76. The van der Waals surface area contributed by atoms with Crippen LogP contribution in [0.15, 0.2) is 0 Å². The predicted molar refractivity (Wildman–Crippen MR) is 81.0 cm³/mol. The van der Waals surface area contributed by atoms with Crippen LogP contribution in [-0.4, -0.2) is 41.8 Å². The molecule has 5 heteroatoms. The summed E-state index contributed by atoms with van der Waals surface area (Å²) in [6.07, 6.45) is 1.63. The van der Waals surface area contributed by atoms with Gasteiger partial charge in [0.05, 0.1) is 11.5 Å². The third kappa shape index (κ3) is 4.90. The van der Waals surface area contributed by atoms with E-state index in [2.05, 4.69) is 0 Å². The van der Waals surface area contributed by atoms with Crippen molar-refractivity contribution in [3.05, 3.63) is 0 Å². The van der Waals surface area contributed by atoms with Gasteiger partial charge in [0.15, 0.2) is 0 Å². The molecule has 0 aliphatic carbocycles. The fourth-order valence-electron chi connectivity index (χ4n) is 2.05. The average molecular weight is 299 g/mol. The summed E-state index contributed by atoms with van der Waals surface area (Å²) in [5, 5.41) is 0. The van der Waals surface area contributed by atoms with Gasteiger partial charge in [-0.1, -0.05) is 6.92 Å². The smallest absolute Gasteiger partial charge is 0.410 e. The molecule has 0 saturated carbocycles. The van der Waals surface area contributed by atoms with Crippen molar-refractivity contribution in [3.63, 3.8) is 0 Å². The standard InChI is InChI=1S/C16H29NO4/c1-7-15(4,5)13(18)21-16(6)8-10-17(11-9-16)14(19)20-12(2)3/h12H,7-11H2,1-6H3. The molecule has 5 nitrogen and oxygen atoms in total. The molecule has 0 aromatic carbocycles. The molecule has 0 aromatic rings. The van der Waals surface area contributed by atoms with Crippen LogP contribution in [0, 0.1) is 5.41 Å². The van der Waals surface area contributed by atoms with E-state index in [0.717, 1.165) is 6.42 Å². The molecule has 0 atom stereocenters. The number of hydrogen-bond acceptors (Lipinski definition) is 4. The maximum atomic E-state index is 12.2. The van der Waals surface area contributed by atoms with Crippen molar-refractivity contribution < 1.29 is 19.1 Å². The van der Waals surface area contributed by atoms with Crippen LogP contribution < -0.4 is 0 Å². The molecular formula is C16H29NO4. The number of esters is 1. The number of piperidine rings is 1. The van der Waals surface area contributed by atoms with Gasteiger partial charge in [0.2, 0.25) is 0 Å². The highest BCUT2D eigenvalue weighted by Crippen LogP contribution is 2.31. The second kappa shape index (κ2) is 6.67. The molecule has 21 heavy (non-hydrogen) atoms. The largest absolute Gasteiger partial charge is 0.459 e. The van der Waals surface area contributed by atoms with Gasteiger partial charge in [-0.3, -0.25) is 4.79 Å². The third-order valence-electron chi connectivity index (χ3n) is 4.19. The maximum absolute atomic E-state index is 12.2. The number of hydrogen-bond donors (Lipinski definition) is 0. The zero-order valence-corrected chi connectivity index (χ0v) is 14.2. The number of carbonyl (C=O) groups is 2. The second-order valence-electron chi connectivity index (χ2n) is 7.00. The van der Waals surface area contributed by atoms with E-state index in [1.165, 1.54) is 0 Å². The summed E-state index contributed by atoms with van der Waals surface area (Å²) < 4.78 is 10.9. The third-order valence-corrected chi connectivity index (χ3v) is 4.19. The van der Waals surface area contributed by atoms with Gasteiger partial charge in [0, 0.05) is 25.9 Å². The Morgan fingerprint density at radius 3 is 2.19 bits per heavy atom. The first-order valence-electron chi connectivity index (χ1n) is 7.78. The van der Waals surface area contributed by atoms with Crippen molar-refractivity contribution in [2.24, 2.45) is 5.41 Å². The lowest BCUT2D eigenvalue weighted by molar-refractivity contribution is -0.173. The lowest BCUT2D eigenvalue weighted by Gasteiger charge is -2.40. The van der Waals surface area contributed by atoms with Gasteiger partial charge >= 0.3 is 12.1 Å². The molecule has 1 amide bonds. The first-order valence-corrected chi connectivity index (χ1v) is 7.78. The van der Waals surface area contributed by atoms with Crippen molar-refractivity contribution in [1.82, 2.24) is 4.90 Å². The van der Waals surface area contributed by atoms with E-state index < -0.39 is 11.0 Å². The van der Waals surface area contributed by atoms with Crippen molar-refractivity contribution in [2.75, 3.05) is 13.1 Å². The Labute approximate surface area is 128 Å². The zero-order chi connectivity index (χ0) is 16.3. The molecule has 1 aliphatic heterocycles. The fraction of sp³-hybridized carbons (Fsp3) is 0.875. The van der Waals surface area contributed by atoms with Gasteiger partial charge in [0.25, 0.3) is 0 Å². The van der Waals surface area contributed by atoms with E-state index in [4.69, 9.17) is 9.47 Å². The Morgan fingerprint density at radius 2 is 1.76 bits per heavy atom. The Balaban J connectivity index is 2.54. The van der Waals surface area contributed by atoms with Gasteiger partial charge < -0.3 is 14.4 Å². The monoisotopic (exact) mass is 299 g/mol. The molecule has 0 aromatic heterocycles. The summed E-state index contributed by atoms with van der Waals surface area (Å²) in [6.45, 7) is 12.5. The number of carbonyl (C=O) groups excluding carboxylic acids is 2. The summed E-state index contributed by atoms with van der Waals surface area (Å²) in [7, 11) is 0. The minimum atomic E-state index is -0.488. The molecule has 122 valence electrons. The normalized spacial score (nSPS) is 18.5. The number of nitrogens with zero attached hydrogens (tertiary/aromatic N) is 1. The number of rotatable bonds is 4. The highest BCUT2D eigenvalue weighted by Gasteiger charge is 2.39. The van der Waals surface area contributed by atoms with Crippen LogP contribution in [-0.2, 0) is 14.3 Å². The van der Waals surface area contributed by atoms with Crippen LogP contribution >= 0.6 is 0 Å². The SMILES string of the molecule is CCC(C)(C)C(=O)OC1(C)CCN(C(=O)OC(C)C)CC1. The second-order valence-corrected chi connectivity index (χ2v) is 7.00. The molecule has 1 fully saturated rings. The fourth-order valence-corrected chi connectivity index (χ4v) is 2.05. The lowest BCUT2D eigenvalue weighted by Crippen LogP contribution is -2.49. The van der Waals surface area contributed by atoms with Crippen LogP contribution in [0.3, 0.4) is 0 Å². The summed E-state index contributed by atoms with van der Waals surface area (Å²) in [5.74, 6) is -0.161. The molecular weight excluding hydrogens is 270 g/mol. The summed E-state index contributed by atoms with van der Waals surface area (Å²) in [5.41, 5.74) is -0.950. The molecule has 1 saturated heterocycles. The van der Waals surface area contributed by atoms with Crippen LogP contribution in [0.1, 0.15) is 60.8 Å². The van der Waals surface area contributed by atoms with E-state index in [1.807, 2.05) is 41.5 Å². The Hall–Kier alpha value is -1.26. The van der Waals surface area contributed by atoms with Crippen molar-refractivity contribution in [2.45, 2.75) is 72.5 Å².